The summed E-state index contributed by atoms with van der Waals surface area (Å²) in [4.78, 5) is 15.8. The van der Waals surface area contributed by atoms with Gasteiger partial charge in [-0.2, -0.15) is 0 Å². The SMILES string of the molecule is O=C(CC1(Cn2cnnn2)CCCCC1)NCCc1c[nH]c2ccc(F)cc12. The molecule has 28 heavy (non-hydrogen) atoms. The van der Waals surface area contributed by atoms with Gasteiger partial charge in [0.25, 0.3) is 0 Å². The number of aromatic nitrogens is 5. The van der Waals surface area contributed by atoms with Gasteiger partial charge in [-0.3, -0.25) is 4.79 Å². The van der Waals surface area contributed by atoms with Crippen molar-refractivity contribution < 1.29 is 9.18 Å². The van der Waals surface area contributed by atoms with Crippen LogP contribution in [0.1, 0.15) is 44.1 Å². The van der Waals surface area contributed by atoms with Crippen LogP contribution in [0, 0.1) is 11.2 Å². The lowest BCUT2D eigenvalue weighted by Gasteiger charge is -2.36. The van der Waals surface area contributed by atoms with Gasteiger partial charge in [0, 0.05) is 30.1 Å². The molecule has 0 spiro atoms. The normalized spacial score (nSPS) is 16.3. The van der Waals surface area contributed by atoms with Crippen molar-refractivity contribution in [3.8, 4) is 0 Å². The summed E-state index contributed by atoms with van der Waals surface area (Å²) in [5, 5.41) is 15.3. The lowest BCUT2D eigenvalue weighted by molar-refractivity contribution is -0.124. The average Bonchev–Trinajstić information content (AvgIpc) is 3.32. The smallest absolute Gasteiger partial charge is 0.220 e. The standard InChI is InChI=1S/C20H25FN6O/c21-16-4-5-18-17(10-16)15(12-23-18)6-9-22-19(28)11-20(7-2-1-3-8-20)13-27-14-24-25-26-27/h4-5,10,12,14,23H,1-3,6-9,11,13H2,(H,22,28). The van der Waals surface area contributed by atoms with Gasteiger partial charge in [-0.05, 0) is 58.9 Å². The maximum Gasteiger partial charge on any atom is 0.220 e. The van der Waals surface area contributed by atoms with E-state index in [4.69, 9.17) is 0 Å². The molecule has 0 bridgehead atoms. The molecule has 2 heterocycles. The average molecular weight is 384 g/mol. The van der Waals surface area contributed by atoms with Crippen LogP contribution in [0.25, 0.3) is 10.9 Å². The number of rotatable bonds is 7. The third-order valence-electron chi connectivity index (χ3n) is 5.78. The van der Waals surface area contributed by atoms with E-state index in [2.05, 4.69) is 25.8 Å². The van der Waals surface area contributed by atoms with Gasteiger partial charge in [0.1, 0.15) is 12.1 Å². The van der Waals surface area contributed by atoms with E-state index in [1.165, 1.54) is 18.6 Å². The zero-order valence-corrected chi connectivity index (χ0v) is 15.8. The minimum absolute atomic E-state index is 0.0565. The lowest BCUT2D eigenvalue weighted by atomic mass is 9.71. The van der Waals surface area contributed by atoms with Crippen LogP contribution in [0.5, 0.6) is 0 Å². The first-order chi connectivity index (χ1) is 13.6. The molecule has 1 aliphatic rings. The van der Waals surface area contributed by atoms with Crippen molar-refractivity contribution in [2.24, 2.45) is 5.41 Å². The van der Waals surface area contributed by atoms with Gasteiger partial charge < -0.3 is 10.3 Å². The highest BCUT2D eigenvalue weighted by molar-refractivity contribution is 5.83. The molecular formula is C20H25FN6O. The van der Waals surface area contributed by atoms with Crippen molar-refractivity contribution in [3.05, 3.63) is 42.1 Å². The number of halogens is 1. The Labute approximate surface area is 162 Å². The number of carbonyl (C=O) groups is 1. The Morgan fingerprint density at radius 1 is 1.29 bits per heavy atom. The van der Waals surface area contributed by atoms with E-state index in [-0.39, 0.29) is 17.1 Å². The van der Waals surface area contributed by atoms with Crippen LogP contribution < -0.4 is 5.32 Å². The second-order valence-corrected chi connectivity index (χ2v) is 7.85. The van der Waals surface area contributed by atoms with E-state index < -0.39 is 0 Å². The van der Waals surface area contributed by atoms with Gasteiger partial charge in [0.2, 0.25) is 5.91 Å². The predicted octanol–water partition coefficient (Wildman–Crippen LogP) is 2.99. The Bertz CT molecular complexity index is 929. The summed E-state index contributed by atoms with van der Waals surface area (Å²) in [5.74, 6) is -0.194. The molecule has 1 saturated carbocycles. The number of nitrogens with zero attached hydrogens (tertiary/aromatic N) is 4. The number of amides is 1. The Hall–Kier alpha value is -2.77. The number of fused-ring (bicyclic) bond motifs is 1. The molecule has 0 atom stereocenters. The lowest BCUT2D eigenvalue weighted by Crippen LogP contribution is -2.37. The van der Waals surface area contributed by atoms with Crippen molar-refractivity contribution >= 4 is 16.8 Å². The first-order valence-corrected chi connectivity index (χ1v) is 9.87. The maximum absolute atomic E-state index is 13.5. The monoisotopic (exact) mass is 384 g/mol. The van der Waals surface area contributed by atoms with Crippen molar-refractivity contribution in [1.29, 1.82) is 0 Å². The van der Waals surface area contributed by atoms with Crippen LogP contribution in [0.2, 0.25) is 0 Å². The highest BCUT2D eigenvalue weighted by Crippen LogP contribution is 2.40. The Morgan fingerprint density at radius 2 is 2.14 bits per heavy atom. The van der Waals surface area contributed by atoms with E-state index in [0.717, 1.165) is 42.1 Å². The first-order valence-electron chi connectivity index (χ1n) is 9.87. The summed E-state index contributed by atoms with van der Waals surface area (Å²) in [6, 6.07) is 4.71. The third-order valence-corrected chi connectivity index (χ3v) is 5.78. The van der Waals surface area contributed by atoms with Crippen LogP contribution >= 0.6 is 0 Å². The first kappa shape index (κ1) is 18.6. The predicted molar refractivity (Wildman–Crippen MR) is 103 cm³/mol. The second kappa shape index (κ2) is 8.08. The Balaban J connectivity index is 1.35. The third kappa shape index (κ3) is 4.21. The number of nitrogens with one attached hydrogen (secondary N) is 2. The van der Waals surface area contributed by atoms with Crippen molar-refractivity contribution in [1.82, 2.24) is 30.5 Å². The molecule has 7 nitrogen and oxygen atoms in total. The Morgan fingerprint density at radius 3 is 2.93 bits per heavy atom. The molecular weight excluding hydrogens is 359 g/mol. The number of hydrogen-bond donors (Lipinski definition) is 2. The van der Waals surface area contributed by atoms with Crippen molar-refractivity contribution in [2.45, 2.75) is 51.5 Å². The molecule has 1 aromatic carbocycles. The molecule has 4 rings (SSSR count). The number of tetrazole rings is 1. The van der Waals surface area contributed by atoms with Gasteiger partial charge in [0.15, 0.2) is 0 Å². The van der Waals surface area contributed by atoms with E-state index in [0.29, 0.717) is 25.9 Å². The molecule has 3 aromatic rings. The van der Waals surface area contributed by atoms with Crippen LogP contribution in [0.15, 0.2) is 30.7 Å². The summed E-state index contributed by atoms with van der Waals surface area (Å²) < 4.78 is 15.2. The van der Waals surface area contributed by atoms with Gasteiger partial charge >= 0.3 is 0 Å². The quantitative estimate of drug-likeness (QED) is 0.655. The van der Waals surface area contributed by atoms with Crippen LogP contribution in [0.4, 0.5) is 4.39 Å². The van der Waals surface area contributed by atoms with E-state index in [1.54, 1.807) is 17.1 Å². The minimum Gasteiger partial charge on any atom is -0.361 e. The van der Waals surface area contributed by atoms with Gasteiger partial charge in [-0.15, -0.1) is 5.10 Å². The molecule has 0 unspecified atom stereocenters. The fourth-order valence-electron chi connectivity index (χ4n) is 4.39. The van der Waals surface area contributed by atoms with E-state index in [9.17, 15) is 9.18 Å². The number of hydrogen-bond acceptors (Lipinski definition) is 4. The Kier molecular flexibility index (Phi) is 5.36. The number of benzene rings is 1. The topological polar surface area (TPSA) is 88.5 Å². The fraction of sp³-hybridized carbons (Fsp3) is 0.500. The van der Waals surface area contributed by atoms with Crippen LogP contribution in [-0.4, -0.2) is 37.6 Å². The molecule has 8 heteroatoms. The molecule has 2 N–H and O–H groups in total. The minimum atomic E-state index is -0.251. The zero-order chi connectivity index (χ0) is 19.4. The maximum atomic E-state index is 13.5. The summed E-state index contributed by atoms with van der Waals surface area (Å²) >= 11 is 0. The zero-order valence-electron chi connectivity index (χ0n) is 15.8. The molecule has 0 aliphatic heterocycles. The van der Waals surface area contributed by atoms with Crippen molar-refractivity contribution in [3.63, 3.8) is 0 Å². The fourth-order valence-corrected chi connectivity index (χ4v) is 4.39. The molecule has 1 aliphatic carbocycles. The molecule has 1 amide bonds. The summed E-state index contributed by atoms with van der Waals surface area (Å²) in [5.41, 5.74) is 1.84. The van der Waals surface area contributed by atoms with E-state index in [1.807, 2.05) is 6.20 Å². The molecule has 0 radical (unpaired) electrons. The second-order valence-electron chi connectivity index (χ2n) is 7.85. The highest BCUT2D eigenvalue weighted by Gasteiger charge is 2.35. The van der Waals surface area contributed by atoms with Gasteiger partial charge in [0.05, 0.1) is 6.54 Å². The summed E-state index contributed by atoms with van der Waals surface area (Å²) in [6.07, 6.45) is 10.2. The summed E-state index contributed by atoms with van der Waals surface area (Å²) in [6.45, 7) is 1.21. The summed E-state index contributed by atoms with van der Waals surface area (Å²) in [7, 11) is 0. The largest absolute Gasteiger partial charge is 0.361 e. The molecule has 1 fully saturated rings. The highest BCUT2D eigenvalue weighted by atomic mass is 19.1. The van der Waals surface area contributed by atoms with Crippen LogP contribution in [0.3, 0.4) is 0 Å². The van der Waals surface area contributed by atoms with Gasteiger partial charge in [-0.1, -0.05) is 19.3 Å². The molecule has 0 saturated heterocycles. The van der Waals surface area contributed by atoms with E-state index >= 15 is 0 Å². The number of aromatic amines is 1. The van der Waals surface area contributed by atoms with Crippen molar-refractivity contribution in [2.75, 3.05) is 6.54 Å². The molecule has 148 valence electrons. The number of H-pyrrole nitrogens is 1. The number of carbonyl (C=O) groups excluding carboxylic acids is 1. The van der Waals surface area contributed by atoms with Gasteiger partial charge in [-0.25, -0.2) is 9.07 Å². The molecule has 2 aromatic heterocycles. The van der Waals surface area contributed by atoms with Crippen LogP contribution in [-0.2, 0) is 17.8 Å².